The van der Waals surface area contributed by atoms with E-state index in [1.54, 1.807) is 4.42 Å². The molecule has 0 aliphatic heterocycles. The lowest BCUT2D eigenvalue weighted by Gasteiger charge is -2.21. The first kappa shape index (κ1) is 14.4. The summed E-state index contributed by atoms with van der Waals surface area (Å²) in [6.45, 7) is 0.913. The van der Waals surface area contributed by atoms with E-state index in [0.717, 1.165) is 19.4 Å². The van der Waals surface area contributed by atoms with Gasteiger partial charge in [0.05, 0.1) is 0 Å². The van der Waals surface area contributed by atoms with Crippen LogP contribution in [0.3, 0.4) is 0 Å². The highest BCUT2D eigenvalue weighted by molar-refractivity contribution is 6.13. The molecule has 0 N–H and O–H groups in total. The summed E-state index contributed by atoms with van der Waals surface area (Å²) in [7, 11) is 1.91. The average Bonchev–Trinajstić information content (AvgIpc) is 2.65. The Morgan fingerprint density at radius 3 is 1.95 bits per heavy atom. The SMILES string of the molecule is CN(Cl)CCCC1c2ccccc2C=Cc2ccccc21. The van der Waals surface area contributed by atoms with Crippen molar-refractivity contribution in [1.29, 1.82) is 0 Å². The van der Waals surface area contributed by atoms with Crippen molar-refractivity contribution < 1.29 is 0 Å². The predicted octanol–water partition coefficient (Wildman–Crippen LogP) is 5.17. The van der Waals surface area contributed by atoms with Gasteiger partial charge in [-0.3, -0.25) is 0 Å². The molecule has 2 heteroatoms. The monoisotopic (exact) mass is 297 g/mol. The van der Waals surface area contributed by atoms with E-state index < -0.39 is 0 Å². The summed E-state index contributed by atoms with van der Waals surface area (Å²) in [4.78, 5) is 0. The number of hydrogen-bond acceptors (Lipinski definition) is 1. The fraction of sp³-hybridized carbons (Fsp3) is 0.263. The summed E-state index contributed by atoms with van der Waals surface area (Å²) in [6, 6.07) is 17.4. The Bertz CT molecular complexity index is 596. The fourth-order valence-electron chi connectivity index (χ4n) is 3.13. The van der Waals surface area contributed by atoms with Gasteiger partial charge in [-0.15, -0.1) is 0 Å². The van der Waals surface area contributed by atoms with Crippen LogP contribution in [0.25, 0.3) is 12.2 Å². The van der Waals surface area contributed by atoms with Gasteiger partial charge in [-0.2, -0.15) is 0 Å². The highest BCUT2D eigenvalue weighted by Gasteiger charge is 2.20. The Hall–Kier alpha value is -1.57. The lowest BCUT2D eigenvalue weighted by Crippen LogP contribution is -2.10. The molecule has 0 atom stereocenters. The highest BCUT2D eigenvalue weighted by atomic mass is 35.5. The quantitative estimate of drug-likeness (QED) is 0.704. The molecule has 0 amide bonds. The second-order valence-corrected chi connectivity index (χ2v) is 6.19. The van der Waals surface area contributed by atoms with E-state index in [2.05, 4.69) is 60.7 Å². The van der Waals surface area contributed by atoms with Crippen LogP contribution >= 0.6 is 11.8 Å². The molecule has 0 radical (unpaired) electrons. The molecule has 1 aliphatic carbocycles. The standard InChI is InChI=1S/C19H20ClN/c1-21(20)14-6-11-19-17-9-4-2-7-15(17)12-13-16-8-3-5-10-18(16)19/h2-5,7-10,12-13,19H,6,11,14H2,1H3. The van der Waals surface area contributed by atoms with Gasteiger partial charge < -0.3 is 0 Å². The average molecular weight is 298 g/mol. The summed E-state index contributed by atoms with van der Waals surface area (Å²) in [5.74, 6) is 0.448. The summed E-state index contributed by atoms with van der Waals surface area (Å²) >= 11 is 5.95. The molecule has 0 heterocycles. The number of hydrogen-bond donors (Lipinski definition) is 0. The van der Waals surface area contributed by atoms with E-state index in [1.807, 2.05) is 7.05 Å². The van der Waals surface area contributed by atoms with Crippen LogP contribution in [0, 0.1) is 0 Å². The van der Waals surface area contributed by atoms with Gasteiger partial charge in [0.1, 0.15) is 0 Å². The van der Waals surface area contributed by atoms with Crippen molar-refractivity contribution in [3.63, 3.8) is 0 Å². The van der Waals surface area contributed by atoms with Crippen molar-refractivity contribution in [1.82, 2.24) is 4.42 Å². The zero-order valence-corrected chi connectivity index (χ0v) is 13.1. The molecule has 0 saturated carbocycles. The van der Waals surface area contributed by atoms with E-state index in [4.69, 9.17) is 11.8 Å². The van der Waals surface area contributed by atoms with Gasteiger partial charge >= 0.3 is 0 Å². The molecule has 108 valence electrons. The van der Waals surface area contributed by atoms with Crippen molar-refractivity contribution in [3.8, 4) is 0 Å². The Labute approximate surface area is 132 Å². The van der Waals surface area contributed by atoms with Crippen LogP contribution in [-0.4, -0.2) is 18.0 Å². The second-order valence-electron chi connectivity index (χ2n) is 5.61. The van der Waals surface area contributed by atoms with Crippen molar-refractivity contribution in [2.75, 3.05) is 13.6 Å². The lowest BCUT2D eigenvalue weighted by molar-refractivity contribution is 0.500. The van der Waals surface area contributed by atoms with Gasteiger partial charge in [0.2, 0.25) is 0 Å². The summed E-state index contributed by atoms with van der Waals surface area (Å²) in [5, 5.41) is 0. The second kappa shape index (κ2) is 6.46. The maximum atomic E-state index is 5.95. The van der Waals surface area contributed by atoms with Crippen LogP contribution in [0.2, 0.25) is 0 Å². The number of nitrogens with zero attached hydrogens (tertiary/aromatic N) is 1. The molecule has 1 aliphatic rings. The van der Waals surface area contributed by atoms with E-state index >= 15 is 0 Å². The summed E-state index contributed by atoms with van der Waals surface area (Å²) < 4.78 is 1.74. The molecule has 0 fully saturated rings. The van der Waals surface area contributed by atoms with Crippen molar-refractivity contribution in [3.05, 3.63) is 70.8 Å². The smallest absolute Gasteiger partial charge is 0.0136 e. The van der Waals surface area contributed by atoms with Gasteiger partial charge in [0, 0.05) is 19.5 Å². The van der Waals surface area contributed by atoms with E-state index in [9.17, 15) is 0 Å². The first-order chi connectivity index (χ1) is 10.3. The molecule has 0 saturated heterocycles. The fourth-order valence-corrected chi connectivity index (χ4v) is 3.25. The minimum Gasteiger partial charge on any atom is -0.223 e. The van der Waals surface area contributed by atoms with E-state index in [0.29, 0.717) is 5.92 Å². The van der Waals surface area contributed by atoms with Crippen molar-refractivity contribution in [2.24, 2.45) is 0 Å². The minimum atomic E-state index is 0.448. The molecular formula is C19H20ClN. The van der Waals surface area contributed by atoms with Crippen LogP contribution in [-0.2, 0) is 0 Å². The first-order valence-electron chi connectivity index (χ1n) is 7.48. The Kier molecular flexibility index (Phi) is 4.42. The van der Waals surface area contributed by atoms with Gasteiger partial charge in [0.25, 0.3) is 0 Å². The van der Waals surface area contributed by atoms with Gasteiger partial charge in [-0.05, 0) is 46.9 Å². The molecule has 2 aromatic carbocycles. The third-order valence-corrected chi connectivity index (χ3v) is 4.31. The van der Waals surface area contributed by atoms with Crippen LogP contribution in [0.1, 0.15) is 41.0 Å². The predicted molar refractivity (Wildman–Crippen MR) is 91.4 cm³/mol. The number of fused-ring (bicyclic) bond motifs is 2. The van der Waals surface area contributed by atoms with E-state index in [-0.39, 0.29) is 0 Å². The number of rotatable bonds is 4. The van der Waals surface area contributed by atoms with Gasteiger partial charge in [0.15, 0.2) is 0 Å². The molecule has 0 bridgehead atoms. The maximum absolute atomic E-state index is 5.95. The molecule has 0 unspecified atom stereocenters. The molecule has 2 aromatic rings. The molecule has 0 spiro atoms. The normalized spacial score (nSPS) is 13.9. The van der Waals surface area contributed by atoms with E-state index in [1.165, 1.54) is 22.3 Å². The number of halogens is 1. The Morgan fingerprint density at radius 1 is 0.905 bits per heavy atom. The van der Waals surface area contributed by atoms with Crippen LogP contribution in [0.5, 0.6) is 0 Å². The third-order valence-electron chi connectivity index (χ3n) is 4.14. The van der Waals surface area contributed by atoms with Crippen LogP contribution in [0.15, 0.2) is 48.5 Å². The summed E-state index contributed by atoms with van der Waals surface area (Å²) in [5.41, 5.74) is 5.52. The van der Waals surface area contributed by atoms with Gasteiger partial charge in [-0.25, -0.2) is 4.42 Å². The molecular weight excluding hydrogens is 278 g/mol. The van der Waals surface area contributed by atoms with Crippen LogP contribution in [0.4, 0.5) is 0 Å². The number of benzene rings is 2. The van der Waals surface area contributed by atoms with Crippen molar-refractivity contribution >= 4 is 23.9 Å². The zero-order chi connectivity index (χ0) is 14.7. The van der Waals surface area contributed by atoms with Crippen molar-refractivity contribution in [2.45, 2.75) is 18.8 Å². The topological polar surface area (TPSA) is 3.24 Å². The third kappa shape index (κ3) is 3.20. The Balaban J connectivity index is 1.98. The highest BCUT2D eigenvalue weighted by Crippen LogP contribution is 2.37. The Morgan fingerprint density at radius 2 is 1.43 bits per heavy atom. The lowest BCUT2D eigenvalue weighted by atomic mass is 9.84. The molecule has 1 nitrogen and oxygen atoms in total. The van der Waals surface area contributed by atoms with Crippen LogP contribution < -0.4 is 0 Å². The molecule has 0 aromatic heterocycles. The zero-order valence-electron chi connectivity index (χ0n) is 12.3. The van der Waals surface area contributed by atoms with Gasteiger partial charge in [-0.1, -0.05) is 60.7 Å². The molecule has 21 heavy (non-hydrogen) atoms. The maximum Gasteiger partial charge on any atom is 0.0136 e. The first-order valence-corrected chi connectivity index (χ1v) is 7.82. The minimum absolute atomic E-state index is 0.448. The largest absolute Gasteiger partial charge is 0.223 e. The summed E-state index contributed by atoms with van der Waals surface area (Å²) in [6.07, 6.45) is 6.68. The molecule has 3 rings (SSSR count).